The van der Waals surface area contributed by atoms with E-state index in [1.165, 1.54) is 0 Å². The minimum absolute atomic E-state index is 0.183. The van der Waals surface area contributed by atoms with E-state index in [4.69, 9.17) is 0 Å². The maximum absolute atomic E-state index is 12.8. The lowest BCUT2D eigenvalue weighted by Gasteiger charge is -2.17. The van der Waals surface area contributed by atoms with Crippen LogP contribution in [-0.2, 0) is 19.5 Å². The highest BCUT2D eigenvalue weighted by atomic mass is 16.2. The molecule has 0 fully saturated rings. The highest BCUT2D eigenvalue weighted by molar-refractivity contribution is 5.97. The molecule has 6 heteroatoms. The predicted octanol–water partition coefficient (Wildman–Crippen LogP) is 3.38. The second-order valence-electron chi connectivity index (χ2n) is 7.47. The van der Waals surface area contributed by atoms with Crippen molar-refractivity contribution in [3.05, 3.63) is 52.6 Å². The Hall–Kier alpha value is -2.63. The molecule has 0 spiro atoms. The quantitative estimate of drug-likeness (QED) is 0.687. The number of fused-ring (bicyclic) bond motifs is 1. The average molecular weight is 383 g/mol. The first kappa shape index (κ1) is 20.1. The van der Waals surface area contributed by atoms with Crippen molar-refractivity contribution in [1.29, 1.82) is 0 Å². The topological polar surface area (TPSA) is 76.0 Å². The number of benzene rings is 1. The molecular weight excluding hydrogens is 352 g/mol. The number of hydrogen-bond acceptors (Lipinski definition) is 3. The summed E-state index contributed by atoms with van der Waals surface area (Å²) in [4.78, 5) is 29.9. The van der Waals surface area contributed by atoms with Gasteiger partial charge >= 0.3 is 0 Å². The Morgan fingerprint density at radius 1 is 1.14 bits per heavy atom. The van der Waals surface area contributed by atoms with Gasteiger partial charge in [-0.05, 0) is 38.2 Å². The van der Waals surface area contributed by atoms with Crippen molar-refractivity contribution in [3.63, 3.8) is 0 Å². The monoisotopic (exact) mass is 382 g/mol. The van der Waals surface area contributed by atoms with Crippen molar-refractivity contribution in [1.82, 2.24) is 20.2 Å². The van der Waals surface area contributed by atoms with E-state index in [0.29, 0.717) is 24.6 Å². The summed E-state index contributed by atoms with van der Waals surface area (Å²) in [7, 11) is 0. The molecular formula is C22H30N4O2. The number of imidazole rings is 1. The minimum atomic E-state index is -0.211. The fourth-order valence-electron chi connectivity index (χ4n) is 3.64. The van der Waals surface area contributed by atoms with Crippen LogP contribution in [0.1, 0.15) is 77.0 Å². The molecule has 2 aromatic rings. The van der Waals surface area contributed by atoms with Gasteiger partial charge in [-0.15, -0.1) is 0 Å². The number of aromatic nitrogens is 2. The summed E-state index contributed by atoms with van der Waals surface area (Å²) in [6.07, 6.45) is 5.96. The standard InChI is InChI=1S/C22H30N4O2/c1-3-4-6-12-23-22(28)20-25-19(18-11-5-7-13-26(18)20)21(27)24-15-17-10-8-9-16(2)14-17/h8-10,14H,3-7,11-13,15H2,1-2H3,(H,23,28)(H,24,27). The summed E-state index contributed by atoms with van der Waals surface area (Å²) < 4.78 is 1.93. The van der Waals surface area contributed by atoms with Crippen LogP contribution in [0.25, 0.3) is 0 Å². The van der Waals surface area contributed by atoms with Crippen LogP contribution in [-0.4, -0.2) is 27.9 Å². The van der Waals surface area contributed by atoms with Crippen LogP contribution in [0.5, 0.6) is 0 Å². The van der Waals surface area contributed by atoms with Gasteiger partial charge in [0.2, 0.25) is 0 Å². The zero-order chi connectivity index (χ0) is 19.9. The van der Waals surface area contributed by atoms with E-state index in [0.717, 1.165) is 61.9 Å². The Balaban J connectivity index is 1.72. The van der Waals surface area contributed by atoms with Crippen LogP contribution in [0.15, 0.2) is 24.3 Å². The second kappa shape index (κ2) is 9.53. The van der Waals surface area contributed by atoms with Gasteiger partial charge < -0.3 is 15.2 Å². The molecule has 0 aliphatic carbocycles. The van der Waals surface area contributed by atoms with E-state index in [2.05, 4.69) is 28.6 Å². The Labute approximate surface area is 166 Å². The van der Waals surface area contributed by atoms with Crippen LogP contribution >= 0.6 is 0 Å². The number of hydrogen-bond donors (Lipinski definition) is 2. The van der Waals surface area contributed by atoms with Crippen molar-refractivity contribution in [3.8, 4) is 0 Å². The van der Waals surface area contributed by atoms with E-state index < -0.39 is 0 Å². The van der Waals surface area contributed by atoms with E-state index in [1.807, 2.05) is 29.7 Å². The molecule has 28 heavy (non-hydrogen) atoms. The molecule has 1 aromatic heterocycles. The molecule has 6 nitrogen and oxygen atoms in total. The van der Waals surface area contributed by atoms with Crippen molar-refractivity contribution in [2.24, 2.45) is 0 Å². The largest absolute Gasteiger partial charge is 0.349 e. The Morgan fingerprint density at radius 2 is 2.00 bits per heavy atom. The van der Waals surface area contributed by atoms with Gasteiger partial charge in [-0.2, -0.15) is 0 Å². The number of nitrogens with one attached hydrogen (secondary N) is 2. The Morgan fingerprint density at radius 3 is 2.79 bits per heavy atom. The third-order valence-electron chi connectivity index (χ3n) is 5.14. The molecule has 0 saturated heterocycles. The lowest BCUT2D eigenvalue weighted by molar-refractivity contribution is 0.0937. The van der Waals surface area contributed by atoms with E-state index in [9.17, 15) is 9.59 Å². The number of amides is 2. The van der Waals surface area contributed by atoms with Gasteiger partial charge in [0.1, 0.15) is 5.69 Å². The van der Waals surface area contributed by atoms with Gasteiger partial charge in [-0.3, -0.25) is 9.59 Å². The van der Waals surface area contributed by atoms with Crippen molar-refractivity contribution < 1.29 is 9.59 Å². The molecule has 0 radical (unpaired) electrons. The molecule has 2 heterocycles. The van der Waals surface area contributed by atoms with Crippen LogP contribution in [0.4, 0.5) is 0 Å². The van der Waals surface area contributed by atoms with Gasteiger partial charge in [0, 0.05) is 19.6 Å². The van der Waals surface area contributed by atoms with Crippen LogP contribution in [0.2, 0.25) is 0 Å². The minimum Gasteiger partial charge on any atom is -0.349 e. The maximum Gasteiger partial charge on any atom is 0.287 e. The van der Waals surface area contributed by atoms with Gasteiger partial charge in [0.25, 0.3) is 11.8 Å². The fourth-order valence-corrected chi connectivity index (χ4v) is 3.64. The molecule has 0 bridgehead atoms. The zero-order valence-electron chi connectivity index (χ0n) is 16.9. The summed E-state index contributed by atoms with van der Waals surface area (Å²) in [6.45, 7) is 6.00. The van der Waals surface area contributed by atoms with Crippen LogP contribution in [0, 0.1) is 6.92 Å². The fraction of sp³-hybridized carbons (Fsp3) is 0.500. The molecule has 0 saturated carbocycles. The lowest BCUT2D eigenvalue weighted by atomic mass is 10.1. The first-order valence-corrected chi connectivity index (χ1v) is 10.3. The lowest BCUT2D eigenvalue weighted by Crippen LogP contribution is -2.28. The number of aryl methyl sites for hydroxylation is 1. The number of unbranched alkanes of at least 4 members (excludes halogenated alkanes) is 2. The summed E-state index contributed by atoms with van der Waals surface area (Å²) >= 11 is 0. The molecule has 2 N–H and O–H groups in total. The maximum atomic E-state index is 12.8. The number of nitrogens with zero attached hydrogens (tertiary/aromatic N) is 2. The summed E-state index contributed by atoms with van der Waals surface area (Å²) in [5, 5.41) is 5.90. The van der Waals surface area contributed by atoms with Crippen LogP contribution in [0.3, 0.4) is 0 Å². The molecule has 1 aromatic carbocycles. The third-order valence-corrected chi connectivity index (χ3v) is 5.14. The van der Waals surface area contributed by atoms with E-state index in [1.54, 1.807) is 0 Å². The van der Waals surface area contributed by atoms with Crippen molar-refractivity contribution in [2.45, 2.75) is 65.5 Å². The second-order valence-corrected chi connectivity index (χ2v) is 7.47. The smallest absolute Gasteiger partial charge is 0.287 e. The van der Waals surface area contributed by atoms with Crippen LogP contribution < -0.4 is 10.6 Å². The van der Waals surface area contributed by atoms with Gasteiger partial charge in [-0.25, -0.2) is 4.98 Å². The average Bonchev–Trinajstić information content (AvgIpc) is 3.09. The number of rotatable bonds is 8. The van der Waals surface area contributed by atoms with Gasteiger partial charge in [0.15, 0.2) is 5.82 Å². The van der Waals surface area contributed by atoms with E-state index >= 15 is 0 Å². The Kier molecular flexibility index (Phi) is 6.85. The van der Waals surface area contributed by atoms with Crippen molar-refractivity contribution >= 4 is 11.8 Å². The summed E-state index contributed by atoms with van der Waals surface area (Å²) in [5.74, 6) is -0.0268. The first-order chi connectivity index (χ1) is 13.6. The molecule has 1 aliphatic rings. The summed E-state index contributed by atoms with van der Waals surface area (Å²) in [5.41, 5.74) is 3.49. The zero-order valence-corrected chi connectivity index (χ0v) is 16.9. The van der Waals surface area contributed by atoms with Crippen molar-refractivity contribution in [2.75, 3.05) is 6.54 Å². The van der Waals surface area contributed by atoms with E-state index in [-0.39, 0.29) is 11.8 Å². The molecule has 0 unspecified atom stereocenters. The highest BCUT2D eigenvalue weighted by Gasteiger charge is 2.27. The van der Waals surface area contributed by atoms with Gasteiger partial charge in [0.05, 0.1) is 5.69 Å². The third kappa shape index (κ3) is 4.80. The normalized spacial score (nSPS) is 13.1. The number of carbonyl (C=O) groups excluding carboxylic acids is 2. The first-order valence-electron chi connectivity index (χ1n) is 10.3. The molecule has 1 aliphatic heterocycles. The number of carbonyl (C=O) groups is 2. The predicted molar refractivity (Wildman–Crippen MR) is 109 cm³/mol. The SMILES string of the molecule is CCCCCNC(=O)c1nc(C(=O)NCc2cccc(C)c2)c2n1CCCC2. The Bertz CT molecular complexity index is 841. The molecule has 0 atom stereocenters. The molecule has 2 amide bonds. The molecule has 3 rings (SSSR count). The molecule has 150 valence electrons. The highest BCUT2D eigenvalue weighted by Crippen LogP contribution is 2.21. The van der Waals surface area contributed by atoms with Gasteiger partial charge in [-0.1, -0.05) is 49.6 Å². The summed E-state index contributed by atoms with van der Waals surface area (Å²) in [6, 6.07) is 8.06.